The molecule has 0 aromatic rings. The third-order valence-electron chi connectivity index (χ3n) is 4.60. The molecule has 0 bridgehead atoms. The van der Waals surface area contributed by atoms with Gasteiger partial charge in [0.1, 0.15) is 0 Å². The van der Waals surface area contributed by atoms with E-state index in [9.17, 15) is 0 Å². The Labute approximate surface area is 106 Å². The van der Waals surface area contributed by atoms with Crippen LogP contribution >= 0.6 is 0 Å². The summed E-state index contributed by atoms with van der Waals surface area (Å²) in [5, 5.41) is 0. The Balaban J connectivity index is -0.000000845. The molecule has 0 aliphatic rings. The minimum Gasteiger partial charge on any atom is -0.0776 e. The predicted octanol–water partition coefficient (Wildman–Crippen LogP) is 6.55. The van der Waals surface area contributed by atoms with E-state index in [1.165, 1.54) is 32.1 Å². The second-order valence-electron chi connectivity index (χ2n) is 4.89. The fourth-order valence-electron chi connectivity index (χ4n) is 3.35. The van der Waals surface area contributed by atoms with Crippen LogP contribution in [0.4, 0.5) is 0 Å². The molecule has 0 rings (SSSR count). The average Bonchev–Trinajstić information content (AvgIpc) is 2.21. The van der Waals surface area contributed by atoms with Crippen molar-refractivity contribution in [3.63, 3.8) is 0 Å². The minimum absolute atomic E-state index is 0. The normalized spacial score (nSPS) is 11.2. The monoisotopic (exact) mass is 230 g/mol. The predicted molar refractivity (Wildman–Crippen MR) is 80.0 cm³/mol. The van der Waals surface area contributed by atoms with Gasteiger partial charge in [0.2, 0.25) is 0 Å². The molecular weight excluding hydrogens is 192 g/mol. The van der Waals surface area contributed by atoms with Gasteiger partial charge >= 0.3 is 0 Å². The Morgan fingerprint density at radius 1 is 0.688 bits per heavy atom. The highest BCUT2D eigenvalue weighted by Crippen LogP contribution is 2.45. The summed E-state index contributed by atoms with van der Waals surface area (Å²) < 4.78 is 0. The van der Waals surface area contributed by atoms with Crippen LogP contribution in [0.3, 0.4) is 0 Å². The van der Waals surface area contributed by atoms with Gasteiger partial charge in [0, 0.05) is 0 Å². The van der Waals surface area contributed by atoms with Gasteiger partial charge < -0.3 is 0 Å². The van der Waals surface area contributed by atoms with E-state index in [2.05, 4.69) is 41.5 Å². The molecular formula is C16H38. The lowest BCUT2D eigenvalue weighted by molar-refractivity contribution is 0.0720. The highest BCUT2D eigenvalue weighted by atomic mass is 14.4. The van der Waals surface area contributed by atoms with Crippen molar-refractivity contribution in [3.05, 3.63) is 0 Å². The van der Waals surface area contributed by atoms with Crippen LogP contribution in [-0.2, 0) is 0 Å². The summed E-state index contributed by atoms with van der Waals surface area (Å²) in [6, 6.07) is 0. The Morgan fingerprint density at radius 3 is 1.06 bits per heavy atom. The fourth-order valence-corrected chi connectivity index (χ4v) is 3.35. The van der Waals surface area contributed by atoms with E-state index in [0.717, 1.165) is 11.8 Å². The van der Waals surface area contributed by atoms with Crippen molar-refractivity contribution >= 4 is 0 Å². The zero-order valence-electron chi connectivity index (χ0n) is 11.2. The molecule has 0 unspecified atom stereocenters. The first-order chi connectivity index (χ1) is 6.60. The van der Waals surface area contributed by atoms with E-state index in [4.69, 9.17) is 0 Å². The van der Waals surface area contributed by atoms with Crippen molar-refractivity contribution < 1.29 is 0 Å². The van der Waals surface area contributed by atoms with Crippen LogP contribution < -0.4 is 0 Å². The molecule has 0 aromatic heterocycles. The Hall–Kier alpha value is 0. The second kappa shape index (κ2) is 10.2. The Morgan fingerprint density at radius 2 is 0.938 bits per heavy atom. The Kier molecular flexibility index (Phi) is 13.5. The summed E-state index contributed by atoms with van der Waals surface area (Å²) >= 11 is 0. The van der Waals surface area contributed by atoms with Gasteiger partial charge in [0.05, 0.1) is 0 Å². The molecule has 0 nitrogen and oxygen atoms in total. The molecule has 0 aliphatic heterocycles. The SMILES string of the molecule is C.C.CCC(CC)C(C)(CC)C(CC)CC. The van der Waals surface area contributed by atoms with Crippen LogP contribution in [-0.4, -0.2) is 0 Å². The summed E-state index contributed by atoms with van der Waals surface area (Å²) in [7, 11) is 0. The average molecular weight is 230 g/mol. The highest BCUT2D eigenvalue weighted by molar-refractivity contribution is 4.85. The molecule has 0 saturated carbocycles. The van der Waals surface area contributed by atoms with Crippen LogP contribution in [0.25, 0.3) is 0 Å². The number of hydrogen-bond donors (Lipinski definition) is 0. The van der Waals surface area contributed by atoms with Crippen molar-refractivity contribution in [3.8, 4) is 0 Å². The van der Waals surface area contributed by atoms with Crippen LogP contribution in [0.1, 0.15) is 88.5 Å². The molecule has 0 saturated heterocycles. The summed E-state index contributed by atoms with van der Waals surface area (Å²) in [6.45, 7) is 14.3. The lowest BCUT2D eigenvalue weighted by Crippen LogP contribution is -2.34. The fraction of sp³-hybridized carbons (Fsp3) is 1.00. The number of hydrogen-bond acceptors (Lipinski definition) is 0. The molecule has 0 aromatic carbocycles. The van der Waals surface area contributed by atoms with E-state index in [-0.39, 0.29) is 14.9 Å². The summed E-state index contributed by atoms with van der Waals surface area (Å²) in [4.78, 5) is 0. The lowest BCUT2D eigenvalue weighted by Gasteiger charge is -2.43. The molecule has 0 N–H and O–H groups in total. The second-order valence-corrected chi connectivity index (χ2v) is 4.89. The topological polar surface area (TPSA) is 0 Å². The van der Waals surface area contributed by atoms with Gasteiger partial charge in [-0.05, 0) is 17.3 Å². The summed E-state index contributed by atoms with van der Waals surface area (Å²) in [5.74, 6) is 1.83. The highest BCUT2D eigenvalue weighted by Gasteiger charge is 2.35. The van der Waals surface area contributed by atoms with Crippen LogP contribution in [0, 0.1) is 17.3 Å². The van der Waals surface area contributed by atoms with Gasteiger partial charge in [-0.15, -0.1) is 0 Å². The summed E-state index contributed by atoms with van der Waals surface area (Å²) in [5.41, 5.74) is 0.576. The van der Waals surface area contributed by atoms with Crippen molar-refractivity contribution in [2.75, 3.05) is 0 Å². The van der Waals surface area contributed by atoms with Crippen molar-refractivity contribution in [1.82, 2.24) is 0 Å². The molecule has 0 spiro atoms. The zero-order chi connectivity index (χ0) is 11.2. The zero-order valence-corrected chi connectivity index (χ0v) is 11.2. The van der Waals surface area contributed by atoms with Gasteiger partial charge in [0.15, 0.2) is 0 Å². The maximum Gasteiger partial charge on any atom is -0.0272 e. The third kappa shape index (κ3) is 4.47. The van der Waals surface area contributed by atoms with E-state index < -0.39 is 0 Å². The van der Waals surface area contributed by atoms with E-state index >= 15 is 0 Å². The summed E-state index contributed by atoms with van der Waals surface area (Å²) in [6.07, 6.45) is 6.72. The molecule has 0 atom stereocenters. The first kappa shape index (κ1) is 21.3. The van der Waals surface area contributed by atoms with Crippen LogP contribution in [0.15, 0.2) is 0 Å². The lowest BCUT2D eigenvalue weighted by atomic mass is 9.63. The molecule has 0 aliphatic carbocycles. The number of rotatable bonds is 7. The third-order valence-corrected chi connectivity index (χ3v) is 4.60. The van der Waals surface area contributed by atoms with Crippen LogP contribution in [0.2, 0.25) is 0 Å². The van der Waals surface area contributed by atoms with E-state index in [1.807, 2.05) is 0 Å². The molecule has 16 heavy (non-hydrogen) atoms. The Bertz CT molecular complexity index is 117. The van der Waals surface area contributed by atoms with Crippen molar-refractivity contribution in [2.24, 2.45) is 17.3 Å². The molecule has 102 valence electrons. The van der Waals surface area contributed by atoms with Gasteiger partial charge in [0.25, 0.3) is 0 Å². The van der Waals surface area contributed by atoms with E-state index in [1.54, 1.807) is 0 Å². The van der Waals surface area contributed by atoms with Gasteiger partial charge in [-0.25, -0.2) is 0 Å². The smallest absolute Gasteiger partial charge is 0.0272 e. The molecule has 0 heterocycles. The maximum absolute atomic E-state index is 2.52. The quantitative estimate of drug-likeness (QED) is 0.465. The van der Waals surface area contributed by atoms with Crippen molar-refractivity contribution in [1.29, 1.82) is 0 Å². The van der Waals surface area contributed by atoms with Gasteiger partial charge in [-0.2, -0.15) is 0 Å². The molecule has 0 amide bonds. The first-order valence-corrected chi connectivity index (χ1v) is 6.60. The largest absolute Gasteiger partial charge is 0.0776 e. The maximum atomic E-state index is 2.52. The van der Waals surface area contributed by atoms with Crippen LogP contribution in [0.5, 0.6) is 0 Å². The van der Waals surface area contributed by atoms with E-state index in [0.29, 0.717) is 5.41 Å². The van der Waals surface area contributed by atoms with Gasteiger partial charge in [-0.1, -0.05) is 88.5 Å². The minimum atomic E-state index is 0. The molecule has 0 fully saturated rings. The van der Waals surface area contributed by atoms with Crippen molar-refractivity contribution in [2.45, 2.75) is 88.5 Å². The first-order valence-electron chi connectivity index (χ1n) is 6.60. The standard InChI is InChI=1S/C14H30.2CH4/c1-7-12(8-2)14(6,11-5)13(9-3)10-4;;/h12-13H,7-11H2,1-6H3;2*1H4. The molecule has 0 heteroatoms. The van der Waals surface area contributed by atoms with Gasteiger partial charge in [-0.3, -0.25) is 0 Å². The molecule has 0 radical (unpaired) electrons.